The molecular formula is C35H34N2O2S. The Bertz CT molecular complexity index is 1570. The molecular weight excluding hydrogens is 512 g/mol. The molecule has 0 unspecified atom stereocenters. The van der Waals surface area contributed by atoms with E-state index in [2.05, 4.69) is 55.5 Å². The fourth-order valence-corrected chi connectivity index (χ4v) is 6.70. The highest BCUT2D eigenvalue weighted by atomic mass is 32.2. The van der Waals surface area contributed by atoms with Gasteiger partial charge in [0.25, 0.3) is 5.91 Å². The summed E-state index contributed by atoms with van der Waals surface area (Å²) in [5.74, 6) is 0.820. The first-order valence-corrected chi connectivity index (χ1v) is 15.1. The minimum absolute atomic E-state index is 0.0478. The molecule has 0 bridgehead atoms. The van der Waals surface area contributed by atoms with E-state index in [0.717, 1.165) is 70.6 Å². The van der Waals surface area contributed by atoms with Gasteiger partial charge >= 0.3 is 0 Å². The van der Waals surface area contributed by atoms with Crippen LogP contribution < -0.4 is 4.74 Å². The van der Waals surface area contributed by atoms with Crippen LogP contribution in [0.3, 0.4) is 0 Å². The van der Waals surface area contributed by atoms with Crippen molar-refractivity contribution >= 4 is 45.4 Å². The number of carbonyl (C=O) groups excluding carboxylic acids is 1. The molecule has 40 heavy (non-hydrogen) atoms. The summed E-state index contributed by atoms with van der Waals surface area (Å²) in [5, 5.41) is 2.97. The molecule has 4 aromatic rings. The van der Waals surface area contributed by atoms with Crippen LogP contribution in [-0.4, -0.2) is 22.0 Å². The van der Waals surface area contributed by atoms with Crippen LogP contribution in [-0.2, 0) is 17.8 Å². The van der Waals surface area contributed by atoms with E-state index in [0.29, 0.717) is 11.5 Å². The number of nitrogens with zero attached hydrogens (tertiary/aromatic N) is 2. The standard InChI is InChI=1S/C35H34N2O2S/c1-2-26-15-10-12-20-31(26)36-35-37(28-17-7-4-8-18-28)34(38)33(40-35)23-30-29-19-11-9-16-27(29)21-22-32(30)39-24-25-13-5-3-6-14-25/h3,5-6,9-16,19-23,28H,2,4,7-8,17-18,24H2,1H3/b33-23+,36-35?. The van der Waals surface area contributed by atoms with Crippen LogP contribution in [0.5, 0.6) is 5.75 Å². The van der Waals surface area contributed by atoms with Crippen LogP contribution in [0.4, 0.5) is 5.69 Å². The molecule has 0 spiro atoms. The average Bonchev–Trinajstić information content (AvgIpc) is 3.31. The monoisotopic (exact) mass is 546 g/mol. The van der Waals surface area contributed by atoms with Gasteiger partial charge in [-0.15, -0.1) is 0 Å². The van der Waals surface area contributed by atoms with Crippen molar-refractivity contribution in [2.24, 2.45) is 4.99 Å². The summed E-state index contributed by atoms with van der Waals surface area (Å²) >= 11 is 1.49. The number of fused-ring (bicyclic) bond motifs is 1. The molecule has 1 aliphatic heterocycles. The first-order chi connectivity index (χ1) is 19.7. The molecule has 1 saturated heterocycles. The Balaban J connectivity index is 1.42. The Morgan fingerprint density at radius 3 is 2.48 bits per heavy atom. The number of amides is 1. The molecule has 0 N–H and O–H groups in total. The van der Waals surface area contributed by atoms with E-state index in [1.54, 1.807) is 0 Å². The van der Waals surface area contributed by atoms with Crippen LogP contribution in [0.2, 0.25) is 0 Å². The number of hydrogen-bond donors (Lipinski definition) is 0. The summed E-state index contributed by atoms with van der Waals surface area (Å²) in [5.41, 5.74) is 4.17. The van der Waals surface area contributed by atoms with Gasteiger partial charge in [-0.2, -0.15) is 0 Å². The van der Waals surface area contributed by atoms with Crippen molar-refractivity contribution in [3.8, 4) is 5.75 Å². The van der Waals surface area contributed by atoms with E-state index in [9.17, 15) is 4.79 Å². The van der Waals surface area contributed by atoms with E-state index < -0.39 is 0 Å². The lowest BCUT2D eigenvalue weighted by Crippen LogP contribution is -2.40. The zero-order valence-electron chi connectivity index (χ0n) is 22.9. The van der Waals surface area contributed by atoms with Gasteiger partial charge in [-0.1, -0.05) is 105 Å². The van der Waals surface area contributed by atoms with Crippen molar-refractivity contribution in [1.82, 2.24) is 4.90 Å². The molecule has 1 saturated carbocycles. The number of rotatable bonds is 7. The maximum atomic E-state index is 14.1. The molecule has 0 radical (unpaired) electrons. The smallest absolute Gasteiger partial charge is 0.267 e. The van der Waals surface area contributed by atoms with Gasteiger partial charge < -0.3 is 4.74 Å². The Hall–Kier alpha value is -3.83. The van der Waals surface area contributed by atoms with Crippen LogP contribution in [0, 0.1) is 0 Å². The predicted octanol–water partition coefficient (Wildman–Crippen LogP) is 8.92. The fourth-order valence-electron chi connectivity index (χ4n) is 5.66. The molecule has 4 nitrogen and oxygen atoms in total. The maximum absolute atomic E-state index is 14.1. The largest absolute Gasteiger partial charge is 0.488 e. The second-order valence-electron chi connectivity index (χ2n) is 10.4. The van der Waals surface area contributed by atoms with Gasteiger partial charge in [-0.25, -0.2) is 4.99 Å². The third kappa shape index (κ3) is 5.57. The first kappa shape index (κ1) is 26.4. The number of carbonyl (C=O) groups is 1. The van der Waals surface area contributed by atoms with E-state index in [4.69, 9.17) is 9.73 Å². The fraction of sp³-hybridized carbons (Fsp3) is 0.257. The normalized spacial score (nSPS) is 18.2. The van der Waals surface area contributed by atoms with Gasteiger partial charge in [0.05, 0.1) is 10.6 Å². The Kier molecular flexibility index (Phi) is 8.01. The van der Waals surface area contributed by atoms with Crippen molar-refractivity contribution in [3.05, 3.63) is 113 Å². The molecule has 4 aromatic carbocycles. The minimum Gasteiger partial charge on any atom is -0.488 e. The molecule has 202 valence electrons. The van der Waals surface area contributed by atoms with Crippen LogP contribution in [0.25, 0.3) is 16.8 Å². The number of aliphatic imine (C=N–C) groups is 1. The molecule has 2 fully saturated rings. The molecule has 1 heterocycles. The van der Waals surface area contributed by atoms with Crippen molar-refractivity contribution in [1.29, 1.82) is 0 Å². The van der Waals surface area contributed by atoms with Gasteiger partial charge in [0.1, 0.15) is 12.4 Å². The van der Waals surface area contributed by atoms with Gasteiger partial charge in [0.15, 0.2) is 5.17 Å². The van der Waals surface area contributed by atoms with Crippen molar-refractivity contribution in [2.75, 3.05) is 0 Å². The SMILES string of the molecule is CCc1ccccc1N=C1S/C(=C/c2c(OCc3ccccc3)ccc3ccccc23)C(=O)N1C1CCCCC1. The lowest BCUT2D eigenvalue weighted by molar-refractivity contribution is -0.124. The first-order valence-electron chi connectivity index (χ1n) is 14.3. The Morgan fingerprint density at radius 1 is 0.900 bits per heavy atom. The van der Waals surface area contributed by atoms with Gasteiger partial charge in [-0.05, 0) is 71.1 Å². The van der Waals surface area contributed by atoms with E-state index >= 15 is 0 Å². The highest BCUT2D eigenvalue weighted by Gasteiger charge is 2.39. The minimum atomic E-state index is 0.0478. The lowest BCUT2D eigenvalue weighted by atomic mass is 9.94. The second kappa shape index (κ2) is 12.1. The number of benzene rings is 4. The number of ether oxygens (including phenoxy) is 1. The average molecular weight is 547 g/mol. The molecule has 6 rings (SSSR count). The summed E-state index contributed by atoms with van der Waals surface area (Å²) in [4.78, 5) is 21.9. The zero-order valence-corrected chi connectivity index (χ0v) is 23.7. The third-order valence-corrected chi connectivity index (χ3v) is 8.79. The highest BCUT2D eigenvalue weighted by molar-refractivity contribution is 8.18. The molecule has 1 amide bonds. The number of amidine groups is 1. The van der Waals surface area contributed by atoms with E-state index in [1.807, 2.05) is 53.4 Å². The highest BCUT2D eigenvalue weighted by Crippen LogP contribution is 2.41. The topological polar surface area (TPSA) is 41.9 Å². The second-order valence-corrected chi connectivity index (χ2v) is 11.4. The van der Waals surface area contributed by atoms with Gasteiger partial charge in [0, 0.05) is 11.6 Å². The van der Waals surface area contributed by atoms with Crippen LogP contribution in [0.1, 0.15) is 55.7 Å². The molecule has 5 heteroatoms. The molecule has 0 atom stereocenters. The van der Waals surface area contributed by atoms with Crippen molar-refractivity contribution < 1.29 is 9.53 Å². The molecule has 1 aliphatic carbocycles. The molecule has 0 aromatic heterocycles. The van der Waals surface area contributed by atoms with Gasteiger partial charge in [0.2, 0.25) is 0 Å². The lowest BCUT2D eigenvalue weighted by Gasteiger charge is -2.30. The van der Waals surface area contributed by atoms with Crippen molar-refractivity contribution in [2.45, 2.75) is 58.1 Å². The Morgan fingerprint density at radius 2 is 1.65 bits per heavy atom. The summed E-state index contributed by atoms with van der Waals surface area (Å²) in [6, 6.07) is 31.0. The van der Waals surface area contributed by atoms with Crippen molar-refractivity contribution in [3.63, 3.8) is 0 Å². The Labute approximate surface area is 240 Å². The summed E-state index contributed by atoms with van der Waals surface area (Å²) in [6.45, 7) is 2.61. The quantitative estimate of drug-likeness (QED) is 0.217. The predicted molar refractivity (Wildman–Crippen MR) is 167 cm³/mol. The molecule has 2 aliphatic rings. The van der Waals surface area contributed by atoms with Crippen LogP contribution >= 0.6 is 11.8 Å². The van der Waals surface area contributed by atoms with Crippen LogP contribution in [0.15, 0.2) is 101 Å². The number of hydrogen-bond acceptors (Lipinski definition) is 4. The summed E-state index contributed by atoms with van der Waals surface area (Å²) < 4.78 is 6.36. The number of aryl methyl sites for hydroxylation is 1. The number of para-hydroxylation sites is 1. The summed E-state index contributed by atoms with van der Waals surface area (Å²) in [6.07, 6.45) is 8.50. The summed E-state index contributed by atoms with van der Waals surface area (Å²) in [7, 11) is 0. The maximum Gasteiger partial charge on any atom is 0.267 e. The van der Waals surface area contributed by atoms with E-state index in [-0.39, 0.29) is 11.9 Å². The van der Waals surface area contributed by atoms with E-state index in [1.165, 1.54) is 23.7 Å². The van der Waals surface area contributed by atoms with Gasteiger partial charge in [-0.3, -0.25) is 9.69 Å². The zero-order chi connectivity index (χ0) is 27.3. The number of thioether (sulfide) groups is 1. The third-order valence-electron chi connectivity index (χ3n) is 7.81.